The van der Waals surface area contributed by atoms with Crippen molar-refractivity contribution < 1.29 is 18.9 Å². The van der Waals surface area contributed by atoms with Crippen LogP contribution in [0.1, 0.15) is 16.1 Å². The second-order valence-corrected chi connectivity index (χ2v) is 7.64. The zero-order valence-electron chi connectivity index (χ0n) is 16.1. The van der Waals surface area contributed by atoms with Gasteiger partial charge in [0.2, 0.25) is 5.43 Å². The average Bonchev–Trinajstić information content (AvgIpc) is 2.75. The molecule has 0 N–H and O–H groups in total. The molecule has 0 radical (unpaired) electrons. The number of nitrogens with zero attached hydrogens (tertiary/aromatic N) is 1. The van der Waals surface area contributed by atoms with Crippen LogP contribution in [0.4, 0.5) is 5.69 Å². The number of aryl methyl sites for hydroxylation is 1. The molecule has 31 heavy (non-hydrogen) atoms. The molecule has 154 valence electrons. The van der Waals surface area contributed by atoms with Gasteiger partial charge < -0.3 is 9.15 Å². The fraction of sp³-hybridized carbons (Fsp3) is 0.0435. The van der Waals surface area contributed by atoms with Crippen LogP contribution in [0.2, 0.25) is 0 Å². The van der Waals surface area contributed by atoms with E-state index in [1.807, 2.05) is 24.3 Å². The Balaban J connectivity index is 1.66. The highest BCUT2D eigenvalue weighted by molar-refractivity contribution is 9.10. The minimum absolute atomic E-state index is 0.124. The number of fused-ring (bicyclic) bond motifs is 1. The van der Waals surface area contributed by atoms with Crippen LogP contribution >= 0.6 is 15.9 Å². The van der Waals surface area contributed by atoms with Crippen molar-refractivity contribution in [1.29, 1.82) is 0 Å². The highest BCUT2D eigenvalue weighted by Crippen LogP contribution is 2.27. The third-order valence-electron chi connectivity index (χ3n) is 4.70. The van der Waals surface area contributed by atoms with Gasteiger partial charge in [-0.2, -0.15) is 0 Å². The van der Waals surface area contributed by atoms with E-state index in [1.165, 1.54) is 36.4 Å². The fourth-order valence-electron chi connectivity index (χ4n) is 3.18. The number of nitro groups is 1. The lowest BCUT2D eigenvalue weighted by Crippen LogP contribution is -2.10. The summed E-state index contributed by atoms with van der Waals surface area (Å²) in [5.41, 5.74) is 1.35. The summed E-state index contributed by atoms with van der Waals surface area (Å²) in [6.07, 6.45) is 0. The molecule has 1 heterocycles. The molecule has 0 spiro atoms. The largest absolute Gasteiger partial charge is 0.460 e. The molecular formula is C23H14BrNO6. The summed E-state index contributed by atoms with van der Waals surface area (Å²) in [6.45, 7) is 1.70. The molecule has 3 aromatic carbocycles. The minimum Gasteiger partial charge on any atom is -0.460 e. The van der Waals surface area contributed by atoms with Gasteiger partial charge in [-0.05, 0) is 48.9 Å². The Morgan fingerprint density at radius 2 is 1.71 bits per heavy atom. The molecule has 4 rings (SSSR count). The van der Waals surface area contributed by atoms with Gasteiger partial charge in [-0.25, -0.2) is 4.79 Å². The molecule has 0 aliphatic carbocycles. The monoisotopic (exact) mass is 479 g/mol. The first-order chi connectivity index (χ1) is 14.8. The number of benzene rings is 3. The van der Waals surface area contributed by atoms with Crippen LogP contribution in [0.25, 0.3) is 22.1 Å². The van der Waals surface area contributed by atoms with Crippen molar-refractivity contribution in [1.82, 2.24) is 0 Å². The van der Waals surface area contributed by atoms with Gasteiger partial charge in [-0.3, -0.25) is 14.9 Å². The summed E-state index contributed by atoms with van der Waals surface area (Å²) in [7, 11) is 0. The van der Waals surface area contributed by atoms with Crippen LogP contribution in [0, 0.1) is 17.0 Å². The van der Waals surface area contributed by atoms with Gasteiger partial charge in [0.05, 0.1) is 21.4 Å². The van der Waals surface area contributed by atoms with Crippen LogP contribution in [0.5, 0.6) is 5.75 Å². The second kappa shape index (κ2) is 8.16. The van der Waals surface area contributed by atoms with E-state index in [0.29, 0.717) is 16.7 Å². The van der Waals surface area contributed by atoms with Crippen LogP contribution in [-0.4, -0.2) is 10.9 Å². The van der Waals surface area contributed by atoms with Crippen LogP contribution < -0.4 is 10.2 Å². The highest BCUT2D eigenvalue weighted by Gasteiger charge is 2.16. The van der Waals surface area contributed by atoms with E-state index >= 15 is 0 Å². The van der Waals surface area contributed by atoms with Crippen molar-refractivity contribution in [2.24, 2.45) is 0 Å². The summed E-state index contributed by atoms with van der Waals surface area (Å²) in [6, 6.07) is 16.9. The quantitative estimate of drug-likeness (QED) is 0.162. The van der Waals surface area contributed by atoms with Gasteiger partial charge in [-0.1, -0.05) is 28.1 Å². The van der Waals surface area contributed by atoms with E-state index in [9.17, 15) is 19.7 Å². The number of hydrogen-bond donors (Lipinski definition) is 0. The summed E-state index contributed by atoms with van der Waals surface area (Å²) >= 11 is 3.38. The van der Waals surface area contributed by atoms with Gasteiger partial charge >= 0.3 is 5.97 Å². The normalized spacial score (nSPS) is 10.8. The molecule has 1 aromatic heterocycles. The Morgan fingerprint density at radius 3 is 2.35 bits per heavy atom. The molecule has 8 heteroatoms. The Kier molecular flexibility index (Phi) is 5.39. The molecule has 0 bridgehead atoms. The first-order valence-corrected chi connectivity index (χ1v) is 9.93. The zero-order chi connectivity index (χ0) is 22.1. The van der Waals surface area contributed by atoms with E-state index in [4.69, 9.17) is 9.15 Å². The number of esters is 1. The first-order valence-electron chi connectivity index (χ1n) is 9.13. The van der Waals surface area contributed by atoms with Gasteiger partial charge in [0, 0.05) is 22.7 Å². The molecule has 0 fully saturated rings. The van der Waals surface area contributed by atoms with Crippen LogP contribution in [0.15, 0.2) is 80.4 Å². The molecule has 0 atom stereocenters. The maximum Gasteiger partial charge on any atom is 0.343 e. The van der Waals surface area contributed by atoms with E-state index in [-0.39, 0.29) is 28.0 Å². The predicted molar refractivity (Wildman–Crippen MR) is 118 cm³/mol. The Morgan fingerprint density at radius 1 is 1.03 bits per heavy atom. The van der Waals surface area contributed by atoms with E-state index in [1.54, 1.807) is 13.0 Å². The lowest BCUT2D eigenvalue weighted by atomic mass is 10.0. The van der Waals surface area contributed by atoms with Gasteiger partial charge in [0.25, 0.3) is 5.69 Å². The molecule has 0 saturated heterocycles. The molecule has 4 aromatic rings. The number of ether oxygens (including phenoxy) is 1. The second-order valence-electron chi connectivity index (χ2n) is 6.72. The van der Waals surface area contributed by atoms with Gasteiger partial charge in [-0.15, -0.1) is 0 Å². The standard InChI is InChI=1S/C23H14BrNO6/c1-13-21(14-2-6-16(24)7-3-14)22(26)19-11-10-18(12-20(19)30-13)31-23(27)15-4-8-17(9-5-15)25(28)29/h2-12H,1H3. The summed E-state index contributed by atoms with van der Waals surface area (Å²) in [5.74, 6) is -0.0479. The molecule has 0 aliphatic heterocycles. The van der Waals surface area contributed by atoms with E-state index in [2.05, 4.69) is 15.9 Å². The Hall–Kier alpha value is -3.78. The third kappa shape index (κ3) is 4.10. The average molecular weight is 480 g/mol. The Labute approximate surface area is 184 Å². The van der Waals surface area contributed by atoms with Crippen molar-refractivity contribution >= 4 is 38.6 Å². The number of rotatable bonds is 4. The SMILES string of the molecule is Cc1oc2cc(OC(=O)c3ccc([N+](=O)[O-])cc3)ccc2c(=O)c1-c1ccc(Br)cc1. The maximum atomic E-state index is 13.0. The third-order valence-corrected chi connectivity index (χ3v) is 5.23. The van der Waals surface area contributed by atoms with Crippen molar-refractivity contribution in [3.05, 3.63) is 103 Å². The predicted octanol–water partition coefficient (Wildman–Crippen LogP) is 5.66. The number of halogens is 1. The lowest BCUT2D eigenvalue weighted by molar-refractivity contribution is -0.384. The van der Waals surface area contributed by atoms with E-state index < -0.39 is 10.9 Å². The first kappa shape index (κ1) is 20.5. The topological polar surface area (TPSA) is 99.7 Å². The summed E-state index contributed by atoms with van der Waals surface area (Å²) in [4.78, 5) is 35.6. The van der Waals surface area contributed by atoms with Crippen LogP contribution in [-0.2, 0) is 0 Å². The number of non-ortho nitro benzene ring substituents is 1. The molecule has 7 nitrogen and oxygen atoms in total. The van der Waals surface area contributed by atoms with Gasteiger partial charge in [0.1, 0.15) is 17.1 Å². The summed E-state index contributed by atoms with van der Waals surface area (Å²) in [5, 5.41) is 11.1. The van der Waals surface area contributed by atoms with Gasteiger partial charge in [0.15, 0.2) is 0 Å². The number of carbonyl (C=O) groups is 1. The van der Waals surface area contributed by atoms with Crippen LogP contribution in [0.3, 0.4) is 0 Å². The smallest absolute Gasteiger partial charge is 0.343 e. The van der Waals surface area contributed by atoms with Crippen molar-refractivity contribution in [2.45, 2.75) is 6.92 Å². The lowest BCUT2D eigenvalue weighted by Gasteiger charge is -2.09. The summed E-state index contributed by atoms with van der Waals surface area (Å²) < 4.78 is 12.1. The molecule has 0 amide bonds. The number of nitro benzene ring substituents is 1. The highest BCUT2D eigenvalue weighted by atomic mass is 79.9. The maximum absolute atomic E-state index is 13.0. The number of hydrogen-bond acceptors (Lipinski definition) is 6. The fourth-order valence-corrected chi connectivity index (χ4v) is 3.45. The van der Waals surface area contributed by atoms with Crippen molar-refractivity contribution in [2.75, 3.05) is 0 Å². The number of carbonyl (C=O) groups excluding carboxylic acids is 1. The van der Waals surface area contributed by atoms with E-state index in [0.717, 1.165) is 10.0 Å². The zero-order valence-corrected chi connectivity index (χ0v) is 17.7. The molecule has 0 saturated carbocycles. The van der Waals surface area contributed by atoms with Crippen molar-refractivity contribution in [3.63, 3.8) is 0 Å². The molecular weight excluding hydrogens is 466 g/mol. The minimum atomic E-state index is -0.681. The Bertz CT molecular complexity index is 1370. The van der Waals surface area contributed by atoms with Crippen molar-refractivity contribution in [3.8, 4) is 16.9 Å². The molecule has 0 aliphatic rings. The molecule has 0 unspecified atom stereocenters.